The highest BCUT2D eigenvalue weighted by Gasteiger charge is 2.27. The summed E-state index contributed by atoms with van der Waals surface area (Å²) in [6.45, 7) is 1.18. The van der Waals surface area contributed by atoms with E-state index in [0.717, 1.165) is 55.6 Å². The summed E-state index contributed by atoms with van der Waals surface area (Å²) in [6, 6.07) is 5.42. The standard InChI is InChI=1S/C21H23N3O5S/c25-19(13-7-9-14(10-8-13)24(27)28)23-21-18(16-5-1-2-6-17(16)30-21)20(26)22-12-15-4-3-11-29-15/h7-10,15H,1-6,11-12H2,(H,22,26)(H,23,25). The summed E-state index contributed by atoms with van der Waals surface area (Å²) < 4.78 is 5.58. The minimum Gasteiger partial charge on any atom is -0.376 e. The molecule has 0 saturated carbocycles. The highest BCUT2D eigenvalue weighted by atomic mass is 32.1. The Balaban J connectivity index is 1.54. The largest absolute Gasteiger partial charge is 0.376 e. The molecule has 1 aliphatic carbocycles. The number of nitro benzene ring substituents is 1. The third kappa shape index (κ3) is 4.36. The van der Waals surface area contributed by atoms with Crippen molar-refractivity contribution in [1.82, 2.24) is 5.32 Å². The van der Waals surface area contributed by atoms with Crippen LogP contribution in [0.1, 0.15) is 56.8 Å². The molecular formula is C21H23N3O5S. The van der Waals surface area contributed by atoms with Crippen LogP contribution in [0.5, 0.6) is 0 Å². The number of amides is 2. The number of nitro groups is 1. The molecule has 1 aliphatic heterocycles. The van der Waals surface area contributed by atoms with E-state index < -0.39 is 10.8 Å². The van der Waals surface area contributed by atoms with E-state index in [1.165, 1.54) is 35.6 Å². The van der Waals surface area contributed by atoms with Gasteiger partial charge in [0.15, 0.2) is 0 Å². The molecule has 2 heterocycles. The van der Waals surface area contributed by atoms with Crippen molar-refractivity contribution >= 4 is 33.8 Å². The number of rotatable bonds is 6. The lowest BCUT2D eigenvalue weighted by Gasteiger charge is -2.15. The van der Waals surface area contributed by atoms with Crippen LogP contribution in [-0.4, -0.2) is 36.0 Å². The van der Waals surface area contributed by atoms with Crippen molar-refractivity contribution in [2.75, 3.05) is 18.5 Å². The van der Waals surface area contributed by atoms with E-state index in [-0.39, 0.29) is 17.7 Å². The van der Waals surface area contributed by atoms with E-state index in [1.54, 1.807) is 0 Å². The monoisotopic (exact) mass is 429 g/mol. The second kappa shape index (κ2) is 8.93. The Morgan fingerprint density at radius 3 is 2.60 bits per heavy atom. The Labute approximate surface area is 177 Å². The van der Waals surface area contributed by atoms with E-state index >= 15 is 0 Å². The highest BCUT2D eigenvalue weighted by molar-refractivity contribution is 7.17. The first-order valence-electron chi connectivity index (χ1n) is 10.1. The number of anilines is 1. The average molecular weight is 429 g/mol. The Kier molecular flexibility index (Phi) is 6.10. The number of nitrogens with zero attached hydrogens (tertiary/aromatic N) is 1. The maximum Gasteiger partial charge on any atom is 0.269 e. The fourth-order valence-corrected chi connectivity index (χ4v) is 5.19. The van der Waals surface area contributed by atoms with E-state index in [0.29, 0.717) is 22.7 Å². The average Bonchev–Trinajstić information content (AvgIpc) is 3.39. The molecule has 1 unspecified atom stereocenters. The number of carbonyl (C=O) groups excluding carboxylic acids is 2. The van der Waals surface area contributed by atoms with Crippen molar-refractivity contribution in [3.8, 4) is 0 Å². The highest BCUT2D eigenvalue weighted by Crippen LogP contribution is 2.38. The molecule has 1 fully saturated rings. The first kappa shape index (κ1) is 20.5. The van der Waals surface area contributed by atoms with Gasteiger partial charge in [0.25, 0.3) is 17.5 Å². The van der Waals surface area contributed by atoms with Crippen molar-refractivity contribution in [3.05, 3.63) is 55.9 Å². The van der Waals surface area contributed by atoms with Crippen LogP contribution in [0.2, 0.25) is 0 Å². The molecule has 1 aromatic heterocycles. The van der Waals surface area contributed by atoms with Gasteiger partial charge in [-0.1, -0.05) is 0 Å². The molecule has 8 nitrogen and oxygen atoms in total. The molecule has 2 N–H and O–H groups in total. The van der Waals surface area contributed by atoms with Crippen molar-refractivity contribution in [2.45, 2.75) is 44.6 Å². The molecule has 0 bridgehead atoms. The zero-order chi connectivity index (χ0) is 21.1. The lowest BCUT2D eigenvalue weighted by Crippen LogP contribution is -2.32. The van der Waals surface area contributed by atoms with Gasteiger partial charge in [-0.3, -0.25) is 19.7 Å². The zero-order valence-corrected chi connectivity index (χ0v) is 17.3. The van der Waals surface area contributed by atoms with Crippen molar-refractivity contribution in [1.29, 1.82) is 0 Å². The van der Waals surface area contributed by atoms with Crippen LogP contribution in [0.4, 0.5) is 10.7 Å². The Hall–Kier alpha value is -2.78. The van der Waals surface area contributed by atoms with Crippen LogP contribution in [-0.2, 0) is 17.6 Å². The van der Waals surface area contributed by atoms with Gasteiger partial charge < -0.3 is 15.4 Å². The first-order chi connectivity index (χ1) is 14.5. The molecule has 4 rings (SSSR count). The molecule has 30 heavy (non-hydrogen) atoms. The number of ether oxygens (including phenoxy) is 1. The second-order valence-electron chi connectivity index (χ2n) is 7.52. The SMILES string of the molecule is O=C(Nc1sc2c(c1C(=O)NCC1CCCO1)CCCC2)c1ccc([N+](=O)[O-])cc1. The lowest BCUT2D eigenvalue weighted by atomic mass is 9.95. The second-order valence-corrected chi connectivity index (χ2v) is 8.62. The van der Waals surface area contributed by atoms with E-state index in [1.807, 2.05) is 0 Å². The molecule has 2 aromatic rings. The van der Waals surface area contributed by atoms with Crippen molar-refractivity contribution < 1.29 is 19.2 Å². The number of benzene rings is 1. The fraction of sp³-hybridized carbons (Fsp3) is 0.429. The smallest absolute Gasteiger partial charge is 0.269 e. The van der Waals surface area contributed by atoms with Crippen LogP contribution >= 0.6 is 11.3 Å². The normalized spacial score (nSPS) is 17.9. The van der Waals surface area contributed by atoms with Gasteiger partial charge in [0.1, 0.15) is 5.00 Å². The predicted octanol–water partition coefficient (Wildman–Crippen LogP) is 3.70. The molecule has 9 heteroatoms. The van der Waals surface area contributed by atoms with Crippen LogP contribution < -0.4 is 10.6 Å². The van der Waals surface area contributed by atoms with Gasteiger partial charge in [0, 0.05) is 35.7 Å². The van der Waals surface area contributed by atoms with Gasteiger partial charge in [0.2, 0.25) is 0 Å². The quantitative estimate of drug-likeness (QED) is 0.537. The summed E-state index contributed by atoms with van der Waals surface area (Å²) in [5.74, 6) is -0.583. The number of hydrogen-bond acceptors (Lipinski definition) is 6. The molecular weight excluding hydrogens is 406 g/mol. The van der Waals surface area contributed by atoms with Gasteiger partial charge >= 0.3 is 0 Å². The van der Waals surface area contributed by atoms with Crippen molar-refractivity contribution in [3.63, 3.8) is 0 Å². The van der Waals surface area contributed by atoms with Crippen LogP contribution in [0, 0.1) is 10.1 Å². The van der Waals surface area contributed by atoms with Gasteiger partial charge in [-0.2, -0.15) is 0 Å². The minimum atomic E-state index is -0.508. The third-order valence-corrected chi connectivity index (χ3v) is 6.69. The van der Waals surface area contributed by atoms with Crippen LogP contribution in [0.15, 0.2) is 24.3 Å². The van der Waals surface area contributed by atoms with Crippen LogP contribution in [0.25, 0.3) is 0 Å². The summed E-state index contributed by atoms with van der Waals surface area (Å²) in [5, 5.41) is 17.2. The third-order valence-electron chi connectivity index (χ3n) is 5.48. The number of non-ortho nitro benzene ring substituents is 1. The van der Waals surface area contributed by atoms with E-state index in [4.69, 9.17) is 4.74 Å². The summed E-state index contributed by atoms with van der Waals surface area (Å²) in [5.41, 5.74) is 1.79. The summed E-state index contributed by atoms with van der Waals surface area (Å²) in [4.78, 5) is 37.2. The zero-order valence-electron chi connectivity index (χ0n) is 16.4. The molecule has 2 aliphatic rings. The van der Waals surface area contributed by atoms with Gasteiger partial charge in [0.05, 0.1) is 16.6 Å². The van der Waals surface area contributed by atoms with Gasteiger partial charge in [-0.05, 0) is 56.2 Å². The maximum atomic E-state index is 13.0. The van der Waals surface area contributed by atoms with Gasteiger partial charge in [-0.15, -0.1) is 11.3 Å². The Morgan fingerprint density at radius 1 is 1.13 bits per heavy atom. The number of aryl methyl sites for hydroxylation is 1. The number of carbonyl (C=O) groups is 2. The fourth-order valence-electron chi connectivity index (χ4n) is 3.90. The number of fused-ring (bicyclic) bond motifs is 1. The number of nitrogens with one attached hydrogen (secondary N) is 2. The summed E-state index contributed by atoms with van der Waals surface area (Å²) in [7, 11) is 0. The first-order valence-corrected chi connectivity index (χ1v) is 10.9. The number of hydrogen-bond donors (Lipinski definition) is 2. The van der Waals surface area contributed by atoms with E-state index in [9.17, 15) is 19.7 Å². The minimum absolute atomic E-state index is 0.0431. The summed E-state index contributed by atoms with van der Waals surface area (Å²) >= 11 is 1.45. The van der Waals surface area contributed by atoms with Crippen molar-refractivity contribution in [2.24, 2.45) is 0 Å². The predicted molar refractivity (Wildman–Crippen MR) is 113 cm³/mol. The lowest BCUT2D eigenvalue weighted by molar-refractivity contribution is -0.384. The summed E-state index contributed by atoms with van der Waals surface area (Å²) in [6.07, 6.45) is 5.80. The molecule has 1 saturated heterocycles. The van der Waals surface area contributed by atoms with Gasteiger partial charge in [-0.25, -0.2) is 0 Å². The Morgan fingerprint density at radius 2 is 1.90 bits per heavy atom. The molecule has 0 radical (unpaired) electrons. The molecule has 0 spiro atoms. The molecule has 1 aromatic carbocycles. The van der Waals surface area contributed by atoms with E-state index in [2.05, 4.69) is 10.6 Å². The molecule has 1 atom stereocenters. The maximum absolute atomic E-state index is 13.0. The number of thiophene rings is 1. The molecule has 2 amide bonds. The molecule has 158 valence electrons. The Bertz CT molecular complexity index is 964. The van der Waals surface area contributed by atoms with Crippen LogP contribution in [0.3, 0.4) is 0 Å². The topological polar surface area (TPSA) is 111 Å².